The van der Waals surface area contributed by atoms with Gasteiger partial charge in [0.15, 0.2) is 0 Å². The van der Waals surface area contributed by atoms with E-state index in [2.05, 4.69) is 20.8 Å². The van der Waals surface area contributed by atoms with E-state index in [0.717, 1.165) is 12.3 Å². The van der Waals surface area contributed by atoms with Crippen LogP contribution in [0.25, 0.3) is 0 Å². The molecule has 0 aromatic carbocycles. The maximum atomic E-state index is 9.81. The lowest BCUT2D eigenvalue weighted by atomic mass is 9.70. The van der Waals surface area contributed by atoms with E-state index in [0.29, 0.717) is 5.41 Å². The van der Waals surface area contributed by atoms with Gasteiger partial charge in [-0.2, -0.15) is 0 Å². The van der Waals surface area contributed by atoms with E-state index >= 15 is 0 Å². The number of phosphoric acid groups is 1. The molecule has 2 fully saturated rings. The molecular weight excluding hydrogens is 231 g/mol. The normalized spacial score (nSPS) is 40.4. The van der Waals surface area contributed by atoms with Crippen LogP contribution >= 0.6 is 7.82 Å². The first-order valence-corrected chi connectivity index (χ1v) is 7.01. The summed E-state index contributed by atoms with van der Waals surface area (Å²) in [6.07, 6.45) is 3.58. The zero-order valence-corrected chi connectivity index (χ0v) is 10.8. The molecular formula is C10H21O5P. The minimum Gasteiger partial charge on any atom is -0.393 e. The number of hydrogen-bond donors (Lipinski definition) is 4. The molecule has 16 heavy (non-hydrogen) atoms. The Morgan fingerprint density at radius 1 is 1.19 bits per heavy atom. The Bertz CT molecular complexity index is 302. The molecule has 2 rings (SSSR count). The van der Waals surface area contributed by atoms with Crippen molar-refractivity contribution in [3.63, 3.8) is 0 Å². The number of aliphatic hydroxyl groups is 1. The molecule has 0 spiro atoms. The highest BCUT2D eigenvalue weighted by Crippen LogP contribution is 2.65. The van der Waals surface area contributed by atoms with Crippen LogP contribution in [0.4, 0.5) is 0 Å². The molecule has 2 aliphatic carbocycles. The highest BCUT2D eigenvalue weighted by atomic mass is 31.2. The molecule has 0 amide bonds. The summed E-state index contributed by atoms with van der Waals surface area (Å²) in [7, 11) is -4.64. The zero-order valence-electron chi connectivity index (χ0n) is 9.92. The Kier molecular flexibility index (Phi) is 3.60. The maximum absolute atomic E-state index is 9.81. The second kappa shape index (κ2) is 4.07. The molecule has 0 aromatic heterocycles. The predicted octanol–water partition coefficient (Wildman–Crippen LogP) is 1.26. The van der Waals surface area contributed by atoms with Gasteiger partial charge in [0.25, 0.3) is 0 Å². The highest BCUT2D eigenvalue weighted by Gasteiger charge is 2.60. The summed E-state index contributed by atoms with van der Waals surface area (Å²) < 4.78 is 8.88. The summed E-state index contributed by atoms with van der Waals surface area (Å²) >= 11 is 0. The third-order valence-corrected chi connectivity index (χ3v) is 4.75. The summed E-state index contributed by atoms with van der Waals surface area (Å²) in [6.45, 7) is 6.90. The van der Waals surface area contributed by atoms with Crippen LogP contribution in [0.3, 0.4) is 0 Å². The van der Waals surface area contributed by atoms with Crippen LogP contribution in [0.2, 0.25) is 0 Å². The molecule has 0 heterocycles. The fourth-order valence-corrected chi connectivity index (χ4v) is 3.16. The van der Waals surface area contributed by atoms with Crippen molar-refractivity contribution in [3.8, 4) is 0 Å². The summed E-state index contributed by atoms with van der Waals surface area (Å²) in [4.78, 5) is 21.6. The zero-order chi connectivity index (χ0) is 12.8. The van der Waals surface area contributed by atoms with Crippen molar-refractivity contribution in [1.29, 1.82) is 0 Å². The number of hydrogen-bond acceptors (Lipinski definition) is 2. The molecule has 4 N–H and O–H groups in total. The van der Waals surface area contributed by atoms with E-state index in [-0.39, 0.29) is 11.5 Å². The first kappa shape index (κ1) is 14.1. The number of aliphatic hydroxyl groups excluding tert-OH is 1. The summed E-state index contributed by atoms with van der Waals surface area (Å²) in [6, 6.07) is 0. The van der Waals surface area contributed by atoms with Crippen LogP contribution in [0, 0.1) is 16.7 Å². The lowest BCUT2D eigenvalue weighted by Gasteiger charge is -2.36. The van der Waals surface area contributed by atoms with Crippen molar-refractivity contribution < 1.29 is 24.4 Å². The van der Waals surface area contributed by atoms with Crippen LogP contribution in [0.15, 0.2) is 0 Å². The monoisotopic (exact) mass is 252 g/mol. The van der Waals surface area contributed by atoms with Gasteiger partial charge in [0.1, 0.15) is 0 Å². The second-order valence-corrected chi connectivity index (χ2v) is 6.67. The quantitative estimate of drug-likeness (QED) is 0.487. The molecule has 5 nitrogen and oxygen atoms in total. The molecule has 96 valence electrons. The van der Waals surface area contributed by atoms with Gasteiger partial charge < -0.3 is 19.8 Å². The number of rotatable bonds is 0. The molecule has 2 bridgehead atoms. The summed E-state index contributed by atoms with van der Waals surface area (Å²) in [5.74, 6) is 0.780. The van der Waals surface area contributed by atoms with Crippen LogP contribution in [0.5, 0.6) is 0 Å². The predicted molar refractivity (Wildman–Crippen MR) is 59.5 cm³/mol. The Labute approximate surface area is 95.7 Å². The fraction of sp³-hybridized carbons (Fsp3) is 1.00. The molecule has 0 unspecified atom stereocenters. The van der Waals surface area contributed by atoms with Crippen molar-refractivity contribution in [2.75, 3.05) is 0 Å². The van der Waals surface area contributed by atoms with Gasteiger partial charge in [0.05, 0.1) is 6.10 Å². The molecule has 0 aliphatic heterocycles. The molecule has 2 saturated carbocycles. The molecule has 6 heteroatoms. The average molecular weight is 252 g/mol. The molecule has 0 aromatic rings. The average Bonchev–Trinajstić information content (AvgIpc) is 2.33. The standard InChI is InChI=1S/C10H18O.H3O4P/c1-9(2)7-4-5-10(9,3)8(11)6-7;1-5(2,3)4/h7-8,11H,4-6H2,1-3H3;(H3,1,2,3,4)/t7-,8+,10-;/m1./s1. The Balaban J connectivity index is 0.000000221. The topological polar surface area (TPSA) is 98.0 Å². The van der Waals surface area contributed by atoms with Crippen LogP contribution in [0.1, 0.15) is 40.0 Å². The lowest BCUT2D eigenvalue weighted by Crippen LogP contribution is -2.35. The molecule has 0 saturated heterocycles. The van der Waals surface area contributed by atoms with E-state index < -0.39 is 7.82 Å². The van der Waals surface area contributed by atoms with Crippen molar-refractivity contribution in [1.82, 2.24) is 0 Å². The Hall–Kier alpha value is 0.0700. The van der Waals surface area contributed by atoms with Gasteiger partial charge in [0, 0.05) is 0 Å². The van der Waals surface area contributed by atoms with Crippen LogP contribution < -0.4 is 0 Å². The van der Waals surface area contributed by atoms with Crippen molar-refractivity contribution in [2.45, 2.75) is 46.1 Å². The second-order valence-electron chi connectivity index (χ2n) is 5.64. The van der Waals surface area contributed by atoms with E-state index in [4.69, 9.17) is 19.2 Å². The molecule has 0 radical (unpaired) electrons. The van der Waals surface area contributed by atoms with Gasteiger partial charge in [-0.25, -0.2) is 4.57 Å². The summed E-state index contributed by atoms with van der Waals surface area (Å²) in [5.41, 5.74) is 0.601. The Morgan fingerprint density at radius 2 is 1.62 bits per heavy atom. The van der Waals surface area contributed by atoms with Gasteiger partial charge in [-0.1, -0.05) is 20.8 Å². The minimum atomic E-state index is -4.64. The SMILES string of the molecule is CC1(C)[C@@H]2CC[C@]1(C)[C@@H](O)C2.O=P(O)(O)O. The van der Waals surface area contributed by atoms with Crippen molar-refractivity contribution >= 4 is 7.82 Å². The Morgan fingerprint density at radius 3 is 1.75 bits per heavy atom. The van der Waals surface area contributed by atoms with E-state index in [1.165, 1.54) is 12.8 Å². The van der Waals surface area contributed by atoms with E-state index in [1.54, 1.807) is 0 Å². The van der Waals surface area contributed by atoms with E-state index in [9.17, 15) is 5.11 Å². The third kappa shape index (κ3) is 2.49. The first-order valence-electron chi connectivity index (χ1n) is 5.45. The summed E-state index contributed by atoms with van der Waals surface area (Å²) in [5, 5.41) is 9.81. The fourth-order valence-electron chi connectivity index (χ4n) is 3.16. The van der Waals surface area contributed by atoms with Crippen LogP contribution in [-0.4, -0.2) is 25.9 Å². The van der Waals surface area contributed by atoms with Crippen molar-refractivity contribution in [2.24, 2.45) is 16.7 Å². The number of fused-ring (bicyclic) bond motifs is 2. The van der Waals surface area contributed by atoms with Gasteiger partial charge in [-0.15, -0.1) is 0 Å². The van der Waals surface area contributed by atoms with Gasteiger partial charge in [-0.05, 0) is 36.0 Å². The first-order chi connectivity index (χ1) is 6.98. The molecule has 3 atom stereocenters. The van der Waals surface area contributed by atoms with Gasteiger partial charge in [-0.3, -0.25) is 0 Å². The van der Waals surface area contributed by atoms with Crippen LogP contribution in [-0.2, 0) is 4.57 Å². The lowest BCUT2D eigenvalue weighted by molar-refractivity contribution is 0.0126. The maximum Gasteiger partial charge on any atom is 0.466 e. The van der Waals surface area contributed by atoms with Gasteiger partial charge in [0.2, 0.25) is 0 Å². The minimum absolute atomic E-state index is 0.0313. The van der Waals surface area contributed by atoms with E-state index in [1.807, 2.05) is 0 Å². The molecule has 2 aliphatic rings. The van der Waals surface area contributed by atoms with Gasteiger partial charge >= 0.3 is 7.82 Å². The highest BCUT2D eigenvalue weighted by molar-refractivity contribution is 7.45. The largest absolute Gasteiger partial charge is 0.466 e. The van der Waals surface area contributed by atoms with Crippen molar-refractivity contribution in [3.05, 3.63) is 0 Å². The smallest absolute Gasteiger partial charge is 0.393 e. The third-order valence-electron chi connectivity index (χ3n) is 4.75.